The van der Waals surface area contributed by atoms with Crippen LogP contribution >= 0.6 is 27.5 Å². The highest BCUT2D eigenvalue weighted by molar-refractivity contribution is 9.10. The van der Waals surface area contributed by atoms with Gasteiger partial charge in [0.05, 0.1) is 21.6 Å². The first-order chi connectivity index (χ1) is 14.3. The Kier molecular flexibility index (Phi) is 5.48. The lowest BCUT2D eigenvalue weighted by Gasteiger charge is -2.40. The molecule has 3 heterocycles. The normalized spacial score (nSPS) is 21.7. The number of carbonyl (C=O) groups is 1. The fourth-order valence-electron chi connectivity index (χ4n) is 4.00. The summed E-state index contributed by atoms with van der Waals surface area (Å²) in [5.41, 5.74) is -0.636. The molecule has 0 radical (unpaired) electrons. The van der Waals surface area contributed by atoms with Gasteiger partial charge < -0.3 is 18.8 Å². The number of fused-ring (bicyclic) bond motifs is 3. The number of amides is 1. The summed E-state index contributed by atoms with van der Waals surface area (Å²) in [5.74, 6) is -0.613. The van der Waals surface area contributed by atoms with E-state index in [4.69, 9.17) is 20.8 Å². The molecule has 12 heteroatoms. The Balaban J connectivity index is 1.62. The molecule has 2 atom stereocenters. The molecule has 0 aliphatic carbocycles. The number of halogens is 5. The van der Waals surface area contributed by atoms with Crippen molar-refractivity contribution in [3.05, 3.63) is 15.6 Å². The number of nitrogens with zero attached hydrogens (tertiary/aromatic N) is 3. The molecule has 1 amide bonds. The minimum Gasteiger partial charge on any atom is -0.444 e. The molecule has 7 nitrogen and oxygen atoms in total. The first-order valence-corrected chi connectivity index (χ1v) is 10.8. The molecule has 2 aliphatic heterocycles. The van der Waals surface area contributed by atoms with Crippen molar-refractivity contribution in [2.45, 2.75) is 57.7 Å². The molecule has 2 saturated heterocycles. The van der Waals surface area contributed by atoms with Gasteiger partial charge in [0.1, 0.15) is 5.60 Å². The van der Waals surface area contributed by atoms with Gasteiger partial charge >= 0.3 is 12.5 Å². The number of piperazine rings is 1. The van der Waals surface area contributed by atoms with E-state index in [-0.39, 0.29) is 40.3 Å². The van der Waals surface area contributed by atoms with Crippen LogP contribution in [0.25, 0.3) is 11.1 Å². The van der Waals surface area contributed by atoms with E-state index >= 15 is 0 Å². The zero-order chi connectivity index (χ0) is 22.7. The van der Waals surface area contributed by atoms with Crippen LogP contribution in [-0.4, -0.2) is 53.1 Å². The van der Waals surface area contributed by atoms with Crippen molar-refractivity contribution in [2.75, 3.05) is 18.0 Å². The van der Waals surface area contributed by atoms with E-state index < -0.39 is 17.7 Å². The lowest BCUT2D eigenvalue weighted by molar-refractivity contribution is -0.274. The zero-order valence-corrected chi connectivity index (χ0v) is 19.3. The van der Waals surface area contributed by atoms with Crippen LogP contribution in [0.3, 0.4) is 0 Å². The number of anilines is 1. The maximum Gasteiger partial charge on any atom is 0.573 e. The Morgan fingerprint density at radius 3 is 2.42 bits per heavy atom. The smallest absolute Gasteiger partial charge is 0.444 e. The van der Waals surface area contributed by atoms with Crippen molar-refractivity contribution in [3.63, 3.8) is 0 Å². The van der Waals surface area contributed by atoms with E-state index in [1.54, 1.807) is 4.90 Å². The van der Waals surface area contributed by atoms with Crippen LogP contribution in [0.2, 0.25) is 5.02 Å². The maximum atomic E-state index is 12.8. The summed E-state index contributed by atoms with van der Waals surface area (Å²) in [4.78, 5) is 20.4. The van der Waals surface area contributed by atoms with Crippen molar-refractivity contribution in [1.82, 2.24) is 9.88 Å². The lowest BCUT2D eigenvalue weighted by atomic mass is 10.2. The Hall–Kier alpha value is -1.88. The molecule has 4 rings (SSSR count). The van der Waals surface area contributed by atoms with E-state index in [1.165, 1.54) is 6.07 Å². The highest BCUT2D eigenvalue weighted by Crippen LogP contribution is 2.43. The summed E-state index contributed by atoms with van der Waals surface area (Å²) < 4.78 is 54.3. The summed E-state index contributed by atoms with van der Waals surface area (Å²) in [5, 5.41) is -0.244. The van der Waals surface area contributed by atoms with Crippen LogP contribution in [0.4, 0.5) is 24.0 Å². The van der Waals surface area contributed by atoms with Gasteiger partial charge in [0, 0.05) is 13.1 Å². The van der Waals surface area contributed by atoms with Crippen LogP contribution in [-0.2, 0) is 4.74 Å². The first-order valence-electron chi connectivity index (χ1n) is 9.63. The largest absolute Gasteiger partial charge is 0.573 e. The molecule has 0 saturated carbocycles. The van der Waals surface area contributed by atoms with Crippen LogP contribution < -0.4 is 9.64 Å². The molecular weight excluding hydrogens is 507 g/mol. The van der Waals surface area contributed by atoms with E-state index in [2.05, 4.69) is 25.7 Å². The Morgan fingerprint density at radius 2 is 1.87 bits per heavy atom. The van der Waals surface area contributed by atoms with Gasteiger partial charge in [0.25, 0.3) is 6.01 Å². The van der Waals surface area contributed by atoms with Gasteiger partial charge in [-0.25, -0.2) is 4.79 Å². The third-order valence-electron chi connectivity index (χ3n) is 5.09. The lowest BCUT2D eigenvalue weighted by Crippen LogP contribution is -2.56. The molecule has 2 fully saturated rings. The fourth-order valence-corrected chi connectivity index (χ4v) is 4.87. The van der Waals surface area contributed by atoms with Crippen molar-refractivity contribution < 1.29 is 31.9 Å². The molecule has 0 spiro atoms. The molecular formula is C19H20BrClF3N3O4. The Bertz CT molecular complexity index is 1010. The van der Waals surface area contributed by atoms with E-state index in [1.807, 2.05) is 25.7 Å². The van der Waals surface area contributed by atoms with E-state index in [0.29, 0.717) is 17.6 Å². The number of oxazole rings is 1. The summed E-state index contributed by atoms with van der Waals surface area (Å²) in [6.45, 7) is 6.27. The summed E-state index contributed by atoms with van der Waals surface area (Å²) >= 11 is 9.21. The molecule has 31 heavy (non-hydrogen) atoms. The number of hydrogen-bond donors (Lipinski definition) is 0. The number of alkyl halides is 3. The number of aromatic nitrogens is 1. The fraction of sp³-hybridized carbons (Fsp3) is 0.579. The molecule has 2 aromatic rings. The first kappa shape index (κ1) is 22.3. The Labute approximate surface area is 189 Å². The maximum absolute atomic E-state index is 12.8. The van der Waals surface area contributed by atoms with E-state index in [9.17, 15) is 18.0 Å². The van der Waals surface area contributed by atoms with Gasteiger partial charge in [-0.2, -0.15) is 4.98 Å². The van der Waals surface area contributed by atoms with Crippen LogP contribution in [0, 0.1) is 0 Å². The van der Waals surface area contributed by atoms with Gasteiger partial charge in [0.15, 0.2) is 16.8 Å². The van der Waals surface area contributed by atoms with Crippen molar-refractivity contribution in [3.8, 4) is 5.75 Å². The average molecular weight is 527 g/mol. The predicted molar refractivity (Wildman–Crippen MR) is 110 cm³/mol. The minimum atomic E-state index is -4.93. The second-order valence-corrected chi connectivity index (χ2v) is 9.83. The van der Waals surface area contributed by atoms with Gasteiger partial charge in [0.2, 0.25) is 0 Å². The molecule has 2 bridgehead atoms. The van der Waals surface area contributed by atoms with Crippen LogP contribution in [0.5, 0.6) is 5.75 Å². The number of benzene rings is 1. The summed E-state index contributed by atoms with van der Waals surface area (Å²) in [6.07, 6.45) is -3.72. The third-order valence-corrected chi connectivity index (χ3v) is 5.96. The predicted octanol–water partition coefficient (Wildman–Crippen LogP) is 5.73. The SMILES string of the molecule is CC(C)(C)OC(=O)N1C2CCC1CN(c1nc3c(OC(F)(F)F)c(Cl)cc(Br)c3o1)C2. The van der Waals surface area contributed by atoms with Crippen LogP contribution in [0.15, 0.2) is 15.0 Å². The standard InChI is InChI=1S/C19H20BrClF3N3O4/c1-18(2,3)31-17(28)27-9-4-5-10(27)8-26(7-9)16-25-13-14(29-16)11(20)6-12(21)15(13)30-19(22,23)24/h6,9-10H,4-5,7-8H2,1-3H3. The van der Waals surface area contributed by atoms with E-state index in [0.717, 1.165) is 12.8 Å². The van der Waals surface area contributed by atoms with Gasteiger partial charge in [-0.05, 0) is 55.6 Å². The highest BCUT2D eigenvalue weighted by atomic mass is 79.9. The summed E-state index contributed by atoms with van der Waals surface area (Å²) in [7, 11) is 0. The molecule has 170 valence electrons. The molecule has 1 aromatic heterocycles. The van der Waals surface area contributed by atoms with Gasteiger partial charge in [-0.1, -0.05) is 11.6 Å². The number of carbonyl (C=O) groups excluding carboxylic acids is 1. The molecule has 1 aromatic carbocycles. The number of hydrogen-bond acceptors (Lipinski definition) is 6. The molecule has 0 N–H and O–H groups in total. The second-order valence-electron chi connectivity index (χ2n) is 8.57. The third kappa shape index (κ3) is 4.52. The van der Waals surface area contributed by atoms with Crippen molar-refractivity contribution in [1.29, 1.82) is 0 Å². The quantitative estimate of drug-likeness (QED) is 0.498. The molecule has 2 aliphatic rings. The average Bonchev–Trinajstić information content (AvgIpc) is 3.16. The topological polar surface area (TPSA) is 68.0 Å². The minimum absolute atomic E-state index is 0.0977. The number of rotatable bonds is 2. The van der Waals surface area contributed by atoms with Gasteiger partial charge in [-0.15, -0.1) is 13.2 Å². The molecule has 2 unspecified atom stereocenters. The van der Waals surface area contributed by atoms with Crippen LogP contribution in [0.1, 0.15) is 33.6 Å². The van der Waals surface area contributed by atoms with Gasteiger partial charge in [-0.3, -0.25) is 4.90 Å². The van der Waals surface area contributed by atoms with Crippen molar-refractivity contribution >= 4 is 50.7 Å². The second kappa shape index (κ2) is 7.61. The Morgan fingerprint density at radius 1 is 1.26 bits per heavy atom. The number of ether oxygens (including phenoxy) is 2. The monoisotopic (exact) mass is 525 g/mol. The van der Waals surface area contributed by atoms with Crippen molar-refractivity contribution in [2.24, 2.45) is 0 Å². The summed E-state index contributed by atoms with van der Waals surface area (Å²) in [6, 6.07) is 1.19. The zero-order valence-electron chi connectivity index (χ0n) is 16.9. The highest BCUT2D eigenvalue weighted by Gasteiger charge is 2.45.